The number of nitrogens with zero attached hydrogens (tertiary/aromatic N) is 3. The number of carbonyl (C=O) groups is 1. The fourth-order valence-corrected chi connectivity index (χ4v) is 3.74. The molecule has 3 heterocycles. The Labute approximate surface area is 202 Å². The molecule has 0 saturated carbocycles. The lowest BCUT2D eigenvalue weighted by molar-refractivity contribution is -0.274. The third kappa shape index (κ3) is 6.06. The minimum Gasteiger partial charge on any atom is -0.406 e. The fraction of sp³-hybridized carbons (Fsp3) is 0.292. The van der Waals surface area contributed by atoms with Crippen molar-refractivity contribution in [2.24, 2.45) is 0 Å². The molecule has 1 saturated heterocycles. The van der Waals surface area contributed by atoms with Gasteiger partial charge in [-0.3, -0.25) is 9.78 Å². The van der Waals surface area contributed by atoms with E-state index >= 15 is 0 Å². The number of β-amino-alcohol motifs (C(OH)–C–C–N with tert-alkyl or cyclic N) is 1. The second-order valence-corrected chi connectivity index (χ2v) is 8.33. The second-order valence-electron chi connectivity index (χ2n) is 8.33. The highest BCUT2D eigenvalue weighted by molar-refractivity contribution is 6.05. The molecule has 1 fully saturated rings. The van der Waals surface area contributed by atoms with Gasteiger partial charge in [-0.15, -0.1) is 13.2 Å². The molecule has 1 aliphatic rings. The first-order valence-electron chi connectivity index (χ1n) is 10.8. The van der Waals surface area contributed by atoms with Crippen LogP contribution >= 0.6 is 0 Å². The zero-order chi connectivity index (χ0) is 26.1. The number of aliphatic hydroxyl groups is 1. The van der Waals surface area contributed by atoms with E-state index in [0.29, 0.717) is 36.5 Å². The highest BCUT2D eigenvalue weighted by Crippen LogP contribution is 2.34. The van der Waals surface area contributed by atoms with Crippen molar-refractivity contribution in [1.29, 1.82) is 0 Å². The second kappa shape index (κ2) is 9.69. The molecule has 2 N–H and O–H groups in total. The third-order valence-corrected chi connectivity index (χ3v) is 5.46. The number of nitrogens with one attached hydrogen (secondary N) is 1. The summed E-state index contributed by atoms with van der Waals surface area (Å²) in [7, 11) is 0. The topological polar surface area (TPSA) is 87.6 Å². The van der Waals surface area contributed by atoms with Gasteiger partial charge in [0.15, 0.2) is 0 Å². The Morgan fingerprint density at radius 1 is 1.08 bits per heavy atom. The molecule has 12 heteroatoms. The number of hydrogen-bond donors (Lipinski definition) is 2. The number of benzene rings is 1. The average Bonchev–Trinajstić information content (AvgIpc) is 3.24. The number of carbonyl (C=O) groups excluding carboxylic acids is 1. The number of ether oxygens (including phenoxy) is 1. The molecule has 0 spiro atoms. The summed E-state index contributed by atoms with van der Waals surface area (Å²) < 4.78 is 68.1. The van der Waals surface area contributed by atoms with E-state index in [2.05, 4.69) is 20.0 Å². The fourth-order valence-electron chi connectivity index (χ4n) is 3.74. The SMILES string of the molecule is CC(F)(F)c1ccc(-c2cc(C(=O)Nc3ccc(OC(F)(F)F)cc3)cnc2N2CCC(O)C2)cn1. The van der Waals surface area contributed by atoms with E-state index in [1.54, 1.807) is 0 Å². The number of anilines is 2. The van der Waals surface area contributed by atoms with Crippen molar-refractivity contribution in [2.75, 3.05) is 23.3 Å². The summed E-state index contributed by atoms with van der Waals surface area (Å²) in [6.07, 6.45) is -2.27. The Morgan fingerprint density at radius 2 is 1.81 bits per heavy atom. The van der Waals surface area contributed by atoms with Gasteiger partial charge in [0.25, 0.3) is 11.8 Å². The Bertz CT molecular complexity index is 1230. The summed E-state index contributed by atoms with van der Waals surface area (Å²) in [5, 5.41) is 12.5. The largest absolute Gasteiger partial charge is 0.573 e. The molecule has 4 rings (SSSR count). The normalized spacial score (nSPS) is 16.2. The zero-order valence-electron chi connectivity index (χ0n) is 18.9. The van der Waals surface area contributed by atoms with Crippen LogP contribution in [0.3, 0.4) is 0 Å². The van der Waals surface area contributed by atoms with Crippen molar-refractivity contribution in [2.45, 2.75) is 31.7 Å². The predicted octanol–water partition coefficient (Wildman–Crippen LogP) is 4.98. The molecule has 7 nitrogen and oxygen atoms in total. The number of rotatable bonds is 6. The van der Waals surface area contributed by atoms with Crippen LogP contribution in [0.2, 0.25) is 0 Å². The smallest absolute Gasteiger partial charge is 0.406 e. The number of aromatic nitrogens is 2. The maximum atomic E-state index is 13.6. The lowest BCUT2D eigenvalue weighted by Gasteiger charge is -2.21. The van der Waals surface area contributed by atoms with Crippen molar-refractivity contribution >= 4 is 17.4 Å². The number of hydrogen-bond acceptors (Lipinski definition) is 6. The van der Waals surface area contributed by atoms with Crippen LogP contribution in [0.4, 0.5) is 33.5 Å². The quantitative estimate of drug-likeness (QED) is 0.457. The monoisotopic (exact) mass is 508 g/mol. The molecule has 3 aromatic rings. The van der Waals surface area contributed by atoms with Gasteiger partial charge in [-0.05, 0) is 42.8 Å². The van der Waals surface area contributed by atoms with Crippen molar-refractivity contribution in [3.05, 3.63) is 66.1 Å². The molecule has 1 unspecified atom stereocenters. The lowest BCUT2D eigenvalue weighted by Crippen LogP contribution is -2.23. The van der Waals surface area contributed by atoms with Crippen molar-refractivity contribution < 1.29 is 36.6 Å². The highest BCUT2D eigenvalue weighted by atomic mass is 19.4. The molecule has 1 atom stereocenters. The van der Waals surface area contributed by atoms with Gasteiger partial charge in [-0.25, -0.2) is 4.98 Å². The zero-order valence-corrected chi connectivity index (χ0v) is 18.9. The maximum absolute atomic E-state index is 13.6. The van der Waals surface area contributed by atoms with E-state index in [1.807, 2.05) is 4.90 Å². The first kappa shape index (κ1) is 25.3. The van der Waals surface area contributed by atoms with E-state index < -0.39 is 35.7 Å². The van der Waals surface area contributed by atoms with Crippen molar-refractivity contribution in [1.82, 2.24) is 9.97 Å². The Kier molecular flexibility index (Phi) is 6.81. The third-order valence-electron chi connectivity index (χ3n) is 5.46. The molecule has 1 aliphatic heterocycles. The van der Waals surface area contributed by atoms with E-state index in [4.69, 9.17) is 0 Å². The van der Waals surface area contributed by atoms with Gasteiger partial charge in [0.1, 0.15) is 17.3 Å². The first-order chi connectivity index (χ1) is 16.9. The Balaban J connectivity index is 1.61. The predicted molar refractivity (Wildman–Crippen MR) is 121 cm³/mol. The van der Waals surface area contributed by atoms with Gasteiger partial charge >= 0.3 is 6.36 Å². The molecule has 0 bridgehead atoms. The molecule has 2 aromatic heterocycles. The van der Waals surface area contributed by atoms with Crippen LogP contribution in [0.25, 0.3) is 11.1 Å². The van der Waals surface area contributed by atoms with Crippen LogP contribution < -0.4 is 15.0 Å². The summed E-state index contributed by atoms with van der Waals surface area (Å²) in [5.74, 6) is -3.70. The van der Waals surface area contributed by atoms with Crippen molar-refractivity contribution in [3.8, 4) is 16.9 Å². The van der Waals surface area contributed by atoms with Gasteiger partial charge in [0, 0.05) is 49.2 Å². The lowest BCUT2D eigenvalue weighted by atomic mass is 10.0. The number of alkyl halides is 5. The van der Waals surface area contributed by atoms with E-state index in [0.717, 1.165) is 19.1 Å². The molecular formula is C24H21F5N4O3. The van der Waals surface area contributed by atoms with Crippen LogP contribution in [-0.2, 0) is 5.92 Å². The number of aliphatic hydroxyl groups excluding tert-OH is 1. The summed E-state index contributed by atoms with van der Waals surface area (Å²) in [4.78, 5) is 22.9. The first-order valence-corrected chi connectivity index (χ1v) is 10.8. The highest BCUT2D eigenvalue weighted by Gasteiger charge is 2.31. The molecule has 190 valence electrons. The van der Waals surface area contributed by atoms with Crippen LogP contribution in [0.15, 0.2) is 54.9 Å². The number of amides is 1. The van der Waals surface area contributed by atoms with Gasteiger partial charge in [-0.1, -0.05) is 6.07 Å². The molecule has 1 amide bonds. The van der Waals surface area contributed by atoms with Gasteiger partial charge in [0.05, 0.1) is 11.7 Å². The van der Waals surface area contributed by atoms with Gasteiger partial charge in [0.2, 0.25) is 0 Å². The summed E-state index contributed by atoms with van der Waals surface area (Å²) in [5.41, 5.74) is 0.816. The summed E-state index contributed by atoms with van der Waals surface area (Å²) in [6, 6.07) is 8.78. The molecule has 1 aromatic carbocycles. The Hall–Kier alpha value is -3.80. The minimum atomic E-state index is -4.83. The van der Waals surface area contributed by atoms with Crippen LogP contribution in [0, 0.1) is 0 Å². The minimum absolute atomic E-state index is 0.119. The summed E-state index contributed by atoms with van der Waals surface area (Å²) >= 11 is 0. The number of pyridine rings is 2. The average molecular weight is 508 g/mol. The molecule has 0 aliphatic carbocycles. The summed E-state index contributed by atoms with van der Waals surface area (Å²) in [6.45, 7) is 1.56. The van der Waals surface area contributed by atoms with Gasteiger partial charge in [-0.2, -0.15) is 8.78 Å². The van der Waals surface area contributed by atoms with E-state index in [9.17, 15) is 31.9 Å². The van der Waals surface area contributed by atoms with E-state index in [1.165, 1.54) is 42.7 Å². The Morgan fingerprint density at radius 3 is 2.36 bits per heavy atom. The van der Waals surface area contributed by atoms with Crippen LogP contribution in [-0.4, -0.2) is 46.5 Å². The van der Waals surface area contributed by atoms with Crippen LogP contribution in [0.5, 0.6) is 5.75 Å². The van der Waals surface area contributed by atoms with E-state index in [-0.39, 0.29) is 11.3 Å². The van der Waals surface area contributed by atoms with Crippen molar-refractivity contribution in [3.63, 3.8) is 0 Å². The molecular weight excluding hydrogens is 487 g/mol. The molecule has 0 radical (unpaired) electrons. The maximum Gasteiger partial charge on any atom is 0.573 e. The number of halogens is 5. The standard InChI is InChI=1S/C24H21F5N4O3/c1-23(25,26)20-7-2-14(11-30-20)19-10-15(12-31-21(19)33-9-8-17(34)13-33)22(35)32-16-3-5-18(6-4-16)36-24(27,28)29/h2-7,10-12,17,34H,8-9,13H2,1H3,(H,32,35). The van der Waals surface area contributed by atoms with Crippen LogP contribution in [0.1, 0.15) is 29.4 Å². The van der Waals surface area contributed by atoms with Gasteiger partial charge < -0.3 is 20.1 Å². The molecule has 36 heavy (non-hydrogen) atoms.